The molecule has 0 bridgehead atoms. The maximum atomic E-state index is 14.1. The number of carboxylic acids is 1. The number of hydrogen-bond donors (Lipinski definition) is 10. The molecule has 4 aromatic rings. The first-order valence-electron chi connectivity index (χ1n) is 22.6. The molecule has 11 N–H and O–H groups in total. The molecule has 4 rings (SSSR count). The van der Waals surface area contributed by atoms with Crippen molar-refractivity contribution in [1.29, 1.82) is 0 Å². The standard InChI is InChI=1S/C47H59N11O11S2.Na.O.Tc/c1-2-3-12-32(44(67)58-36(23-42(64)65)46(69)57-34(43(48)66)20-27-9-5-4-6-10-27)56-45(68)35(21-28-24-51-31-13-8-7-11-30(28)31)55-39(61)17-18-49-38(60)16-19-50-47(71)53-29-14-15-37(59)33(22-29)54-40(62)25-52-41(63)26-70;;;/h4-11,13-15,22,24,32,34-36,51,59,70H,2-3,12,16-21,23,25-26H2,1H3,(H2,48,66)(H,49,60)(H,52,63)(H,54,62)(H,55,61)(H,56,68)(H,57,69)(H,58,67)(H,64,65)(H2,50,53,71);;;/q;+1;;+3/p-4/t32-,34-,35-,36-;;;/m0.../s1/i;;;1+1. The summed E-state index contributed by atoms with van der Waals surface area (Å²) in [4.78, 5) is 115. The van der Waals surface area contributed by atoms with Crippen LogP contribution < -0.4 is 82.7 Å². The van der Waals surface area contributed by atoms with E-state index in [9.17, 15) is 53.7 Å². The minimum absolute atomic E-state index is 0. The second kappa shape index (κ2) is 34.3. The predicted octanol–water partition coefficient (Wildman–Crippen LogP) is -3.85. The van der Waals surface area contributed by atoms with Gasteiger partial charge in [0.15, 0.2) is 0 Å². The number of amides is 7. The number of rotatable bonds is 28. The van der Waals surface area contributed by atoms with E-state index in [-0.39, 0.29) is 91.4 Å². The number of anilines is 2. The third-order valence-electron chi connectivity index (χ3n) is 10.5. The molecule has 0 saturated carbocycles. The molecule has 0 fully saturated rings. The van der Waals surface area contributed by atoms with Crippen molar-refractivity contribution < 1.29 is 106 Å². The van der Waals surface area contributed by atoms with Crippen molar-refractivity contribution in [3.63, 3.8) is 0 Å². The number of benzene rings is 3. The molecule has 0 spiro atoms. The Balaban J connectivity index is 0.00000617. The van der Waals surface area contributed by atoms with Crippen LogP contribution in [0.3, 0.4) is 0 Å². The van der Waals surface area contributed by atoms with Gasteiger partial charge in [-0.3, -0.25) is 48.3 Å². The van der Waals surface area contributed by atoms with Crippen LogP contribution in [0.25, 0.3) is 10.9 Å². The van der Waals surface area contributed by atoms with Crippen LogP contribution in [0.15, 0.2) is 89.0 Å². The molecular formula is C47H55N11NaO12S2Tc. The molecule has 1 heterocycles. The summed E-state index contributed by atoms with van der Waals surface area (Å²) < 4.78 is 8.22. The van der Waals surface area contributed by atoms with Crippen molar-refractivity contribution in [3.8, 4) is 5.75 Å². The summed E-state index contributed by atoms with van der Waals surface area (Å²) in [5.41, 5.74) is 7.87. The monoisotopic (exact) mass is 1150 g/mol. The molecule has 27 heteroatoms. The summed E-state index contributed by atoms with van der Waals surface area (Å²) in [6.45, 7) is 1.15. The first-order chi connectivity index (χ1) is 35.0. The second-order valence-electron chi connectivity index (χ2n) is 16.0. The number of nitrogens with one attached hydrogen (secondary N) is 8. The van der Waals surface area contributed by atoms with Crippen LogP contribution in [0.5, 0.6) is 5.75 Å². The third kappa shape index (κ3) is 22.9. The number of para-hydroxylation sites is 1. The van der Waals surface area contributed by atoms with Crippen molar-refractivity contribution in [2.45, 2.75) is 82.5 Å². The van der Waals surface area contributed by atoms with Crippen LogP contribution in [-0.2, 0) is 98.8 Å². The van der Waals surface area contributed by atoms with Gasteiger partial charge in [-0.15, -0.1) is 5.75 Å². The number of primary amides is 1. The zero-order chi connectivity index (χ0) is 53.9. The second-order valence-corrected chi connectivity index (χ2v) is 16.7. The van der Waals surface area contributed by atoms with Gasteiger partial charge in [-0.2, -0.15) is 0 Å². The zero-order valence-electron chi connectivity index (χ0n) is 40.4. The van der Waals surface area contributed by atoms with Crippen molar-refractivity contribution >= 4 is 106 Å². The van der Waals surface area contributed by atoms with E-state index in [1.165, 1.54) is 18.2 Å². The topological polar surface area (TPSA) is 371 Å². The van der Waals surface area contributed by atoms with Crippen molar-refractivity contribution in [2.75, 3.05) is 36.0 Å². The molecule has 74 heavy (non-hydrogen) atoms. The fourth-order valence-electron chi connectivity index (χ4n) is 6.87. The molecule has 4 atom stereocenters. The van der Waals surface area contributed by atoms with Gasteiger partial charge < -0.3 is 88.5 Å². The Hall–Kier alpha value is -6.28. The predicted molar refractivity (Wildman–Crippen MR) is 266 cm³/mol. The fraction of sp³-hybridized carbons (Fsp3) is 0.362. The first kappa shape index (κ1) is 63.8. The average molecular weight is 1150 g/mol. The minimum atomic E-state index is -1.66. The number of carbonyl (C=O) groups excluding carboxylic acids is 7. The fourth-order valence-corrected chi connectivity index (χ4v) is 7.17. The summed E-state index contributed by atoms with van der Waals surface area (Å²) >= 11 is 10.7. The summed E-state index contributed by atoms with van der Waals surface area (Å²) in [7, 11) is 0. The van der Waals surface area contributed by atoms with E-state index in [1.54, 1.807) is 42.6 Å². The Bertz CT molecular complexity index is 2610. The molecule has 1 aromatic heterocycles. The van der Waals surface area contributed by atoms with E-state index in [4.69, 9.17) is 21.9 Å². The molecule has 7 amide bonds. The van der Waals surface area contributed by atoms with E-state index in [0.717, 1.165) is 29.8 Å². The summed E-state index contributed by atoms with van der Waals surface area (Å²) in [5.74, 6) is -8.16. The molecule has 0 aliphatic heterocycles. The van der Waals surface area contributed by atoms with Crippen LogP contribution in [0, 0.1) is 0 Å². The molecular weight excluding hydrogens is 1100 g/mol. The van der Waals surface area contributed by atoms with Gasteiger partial charge >= 0.3 is 57.9 Å². The van der Waals surface area contributed by atoms with Gasteiger partial charge in [0.05, 0.1) is 6.42 Å². The number of aliphatic imine (C=N–C) groups is 2. The number of aromatic nitrogens is 1. The number of H-pyrrole nitrogens is 1. The molecule has 0 radical (unpaired) electrons. The van der Waals surface area contributed by atoms with Crippen LogP contribution in [-0.4, -0.2) is 118 Å². The van der Waals surface area contributed by atoms with Gasteiger partial charge in [-0.05, 0) is 40.9 Å². The average Bonchev–Trinajstić information content (AvgIpc) is 3.77. The van der Waals surface area contributed by atoms with Crippen molar-refractivity contribution in [1.82, 2.24) is 31.6 Å². The normalized spacial score (nSPS) is 12.7. The Labute approximate surface area is 469 Å². The van der Waals surface area contributed by atoms with E-state index >= 15 is 0 Å². The van der Waals surface area contributed by atoms with E-state index in [2.05, 4.69) is 64.8 Å². The van der Waals surface area contributed by atoms with E-state index < -0.39 is 96.1 Å². The Morgan fingerprint density at radius 2 is 1.43 bits per heavy atom. The molecule has 3 aromatic carbocycles. The molecule has 23 nitrogen and oxygen atoms in total. The number of nitrogens with two attached hydrogens (primary N) is 1. The first-order valence-corrected chi connectivity index (χ1v) is 24.3. The number of amidine groups is 1. The summed E-state index contributed by atoms with van der Waals surface area (Å²) in [5, 5.41) is 51.9. The van der Waals surface area contributed by atoms with Crippen LogP contribution in [0.4, 0.5) is 11.4 Å². The Morgan fingerprint density at radius 1 is 0.784 bits per heavy atom. The number of aromatic amines is 1. The third-order valence-corrected chi connectivity index (χ3v) is 11.0. The molecule has 390 valence electrons. The number of hydrogen-bond acceptors (Lipinski definition) is 15. The van der Waals surface area contributed by atoms with Crippen molar-refractivity contribution in [3.05, 3.63) is 90.1 Å². The SMILES string of the molecule is CCCC[C@H](NC(=O)[C@H](Cc1c[nH]c2ccccc12)NC(=O)CCNC(=O)CCN=C([S-])Nc1ccc([O-])c(NC(=O)CN=C([O-])C[S-])c1)C(=O)N[C@@H](CC(=O)O)C(=O)N[C@@H](Cc1ccccc1)C(N)=O.[Na+].[O]=[99Tc+3]. The summed E-state index contributed by atoms with van der Waals surface area (Å²) in [6.07, 6.45) is 1.52. The van der Waals surface area contributed by atoms with Gasteiger partial charge in [0.25, 0.3) is 0 Å². The van der Waals surface area contributed by atoms with Gasteiger partial charge in [0.2, 0.25) is 41.4 Å². The van der Waals surface area contributed by atoms with Gasteiger partial charge in [0.1, 0.15) is 30.7 Å². The maximum absolute atomic E-state index is 14.1. The quantitative estimate of drug-likeness (QED) is 0.0113. The molecule has 0 aliphatic rings. The number of fused-ring (bicyclic) bond motifs is 1. The number of aliphatic carboxylic acids is 1. The Kier molecular flexibility index (Phi) is 29.5. The molecule has 0 unspecified atom stereocenters. The van der Waals surface area contributed by atoms with Gasteiger partial charge in [-0.1, -0.05) is 86.0 Å². The van der Waals surface area contributed by atoms with Crippen LogP contribution in [0.2, 0.25) is 0 Å². The Morgan fingerprint density at radius 3 is 2.11 bits per heavy atom. The van der Waals surface area contributed by atoms with Gasteiger partial charge in [-0.25, -0.2) is 0 Å². The van der Waals surface area contributed by atoms with Crippen LogP contribution in [0.1, 0.15) is 56.6 Å². The number of unbranched alkanes of at least 4 members (excludes halogenated alkanes) is 1. The summed E-state index contributed by atoms with van der Waals surface area (Å²) in [6, 6.07) is 14.4. The zero-order valence-corrected chi connectivity index (χ0v) is 45.9. The number of carboxylic acid groups (broad SMARTS) is 1. The van der Waals surface area contributed by atoms with E-state index in [1.807, 2.05) is 25.1 Å². The van der Waals surface area contributed by atoms with Crippen LogP contribution >= 0.6 is 0 Å². The number of nitrogens with zero attached hydrogens (tertiary/aromatic N) is 2. The van der Waals surface area contributed by atoms with Crippen molar-refractivity contribution in [2.24, 2.45) is 15.7 Å². The number of carbonyl (C=O) groups is 8. The van der Waals surface area contributed by atoms with Gasteiger partial charge in [0, 0.05) is 67.2 Å². The van der Waals surface area contributed by atoms with E-state index in [0.29, 0.717) is 29.7 Å². The molecule has 0 saturated heterocycles. The molecule has 0 aliphatic carbocycles.